The number of rotatable bonds is 11. The molecule has 2 aromatic carbocycles. The molecule has 0 radical (unpaired) electrons. The summed E-state index contributed by atoms with van der Waals surface area (Å²) in [4.78, 5) is 27.5. The van der Waals surface area contributed by atoms with Gasteiger partial charge >= 0.3 is 0 Å². The van der Waals surface area contributed by atoms with Gasteiger partial charge in [0.05, 0.1) is 5.02 Å². The molecule has 0 spiro atoms. The summed E-state index contributed by atoms with van der Waals surface area (Å²) in [6.07, 6.45) is 2.42. The summed E-state index contributed by atoms with van der Waals surface area (Å²) < 4.78 is 5.66. The van der Waals surface area contributed by atoms with Crippen molar-refractivity contribution in [3.8, 4) is 5.75 Å². The first-order chi connectivity index (χ1) is 14.5. The van der Waals surface area contributed by atoms with Gasteiger partial charge in [-0.2, -0.15) is 0 Å². The van der Waals surface area contributed by atoms with Gasteiger partial charge in [-0.1, -0.05) is 73.8 Å². The largest absolute Gasteiger partial charge is 0.482 e. The van der Waals surface area contributed by atoms with Crippen molar-refractivity contribution in [1.82, 2.24) is 10.2 Å². The number of hydrogen-bond donors (Lipinski definition) is 1. The molecule has 0 saturated carbocycles. The molecule has 30 heavy (non-hydrogen) atoms. The van der Waals surface area contributed by atoms with Crippen molar-refractivity contribution in [2.24, 2.45) is 0 Å². The number of nitrogens with zero attached hydrogens (tertiary/aromatic N) is 1. The Balaban J connectivity index is 2.18. The molecule has 2 aromatic rings. The molecule has 5 nitrogen and oxygen atoms in total. The molecule has 0 aliphatic heterocycles. The van der Waals surface area contributed by atoms with Crippen LogP contribution in [0.2, 0.25) is 5.02 Å². The molecule has 2 amide bonds. The summed E-state index contributed by atoms with van der Waals surface area (Å²) in [5.41, 5.74) is 2.08. The van der Waals surface area contributed by atoms with Gasteiger partial charge in [-0.25, -0.2) is 0 Å². The van der Waals surface area contributed by atoms with E-state index in [1.54, 1.807) is 29.2 Å². The Kier molecular flexibility index (Phi) is 9.68. The van der Waals surface area contributed by atoms with E-state index in [-0.39, 0.29) is 18.4 Å². The molecule has 6 heteroatoms. The minimum atomic E-state index is -0.565. The molecule has 0 fully saturated rings. The van der Waals surface area contributed by atoms with Crippen LogP contribution in [0.15, 0.2) is 48.5 Å². The number of halogens is 1. The van der Waals surface area contributed by atoms with Gasteiger partial charge in [0.2, 0.25) is 5.91 Å². The topological polar surface area (TPSA) is 58.6 Å². The van der Waals surface area contributed by atoms with Crippen LogP contribution in [0.1, 0.15) is 44.2 Å². The normalized spacial score (nSPS) is 11.6. The summed E-state index contributed by atoms with van der Waals surface area (Å²) in [7, 11) is 0. The fourth-order valence-electron chi connectivity index (χ4n) is 3.22. The van der Waals surface area contributed by atoms with Crippen LogP contribution in [0.25, 0.3) is 0 Å². The van der Waals surface area contributed by atoms with E-state index < -0.39 is 6.04 Å². The molecular weight excluding hydrogens is 400 g/mol. The molecule has 1 N–H and O–H groups in total. The second kappa shape index (κ2) is 12.2. The van der Waals surface area contributed by atoms with Gasteiger partial charge in [-0.05, 0) is 37.5 Å². The van der Waals surface area contributed by atoms with Crippen molar-refractivity contribution in [2.75, 3.05) is 13.2 Å². The van der Waals surface area contributed by atoms with E-state index in [0.717, 1.165) is 24.0 Å². The summed E-state index contributed by atoms with van der Waals surface area (Å²) in [5, 5.41) is 3.40. The first kappa shape index (κ1) is 23.7. The Morgan fingerprint density at radius 1 is 1.13 bits per heavy atom. The monoisotopic (exact) mass is 430 g/mol. The number of carbonyl (C=O) groups excluding carboxylic acids is 2. The average molecular weight is 431 g/mol. The molecule has 0 saturated heterocycles. The maximum absolute atomic E-state index is 13.1. The zero-order valence-corrected chi connectivity index (χ0v) is 18.7. The highest BCUT2D eigenvalue weighted by atomic mass is 35.5. The molecule has 1 atom stereocenters. The fourth-order valence-corrected chi connectivity index (χ4v) is 3.41. The van der Waals surface area contributed by atoms with E-state index in [2.05, 4.69) is 12.2 Å². The van der Waals surface area contributed by atoms with Crippen molar-refractivity contribution in [3.63, 3.8) is 0 Å². The molecule has 0 aliphatic rings. The Hall–Kier alpha value is -2.53. The fraction of sp³-hybridized carbons (Fsp3) is 0.417. The second-order valence-corrected chi connectivity index (χ2v) is 7.71. The Labute approximate surface area is 184 Å². The molecule has 0 bridgehead atoms. The standard InChI is InChI=1S/C24H31ClN2O3/c1-4-6-14-26-24(29)21(5-2)27(16-19-11-9-10-18(3)15-19)23(28)17-30-22-13-8-7-12-20(22)25/h7-13,15,21H,4-6,14,16-17H2,1-3H3,(H,26,29)/t21-/m1/s1. The molecule has 0 unspecified atom stereocenters. The molecule has 0 aromatic heterocycles. The maximum Gasteiger partial charge on any atom is 0.261 e. The van der Waals surface area contributed by atoms with Crippen LogP contribution in [-0.2, 0) is 16.1 Å². The molecular formula is C24H31ClN2O3. The second-order valence-electron chi connectivity index (χ2n) is 7.30. The quantitative estimate of drug-likeness (QED) is 0.523. The minimum absolute atomic E-state index is 0.135. The van der Waals surface area contributed by atoms with E-state index >= 15 is 0 Å². The van der Waals surface area contributed by atoms with E-state index in [9.17, 15) is 9.59 Å². The first-order valence-electron chi connectivity index (χ1n) is 10.5. The van der Waals surface area contributed by atoms with Crippen LogP contribution in [0.4, 0.5) is 0 Å². The van der Waals surface area contributed by atoms with Gasteiger partial charge < -0.3 is 15.0 Å². The van der Waals surface area contributed by atoms with Crippen LogP contribution >= 0.6 is 11.6 Å². The third-order valence-corrected chi connectivity index (χ3v) is 5.15. The molecule has 162 valence electrons. The number of aryl methyl sites for hydroxylation is 1. The zero-order chi connectivity index (χ0) is 21.9. The number of hydrogen-bond acceptors (Lipinski definition) is 3. The van der Waals surface area contributed by atoms with Crippen molar-refractivity contribution < 1.29 is 14.3 Å². The smallest absolute Gasteiger partial charge is 0.261 e. The van der Waals surface area contributed by atoms with Gasteiger partial charge in [0.25, 0.3) is 5.91 Å². The van der Waals surface area contributed by atoms with Crippen molar-refractivity contribution >= 4 is 23.4 Å². The third-order valence-electron chi connectivity index (χ3n) is 4.84. The van der Waals surface area contributed by atoms with Gasteiger partial charge in [0.1, 0.15) is 11.8 Å². The van der Waals surface area contributed by atoms with Crippen LogP contribution in [-0.4, -0.2) is 35.9 Å². The Morgan fingerprint density at radius 3 is 2.57 bits per heavy atom. The third kappa shape index (κ3) is 7.06. The summed E-state index contributed by atoms with van der Waals surface area (Å²) in [5.74, 6) is 0.0575. The molecule has 0 aliphatic carbocycles. The SMILES string of the molecule is CCCCNC(=O)[C@@H](CC)N(Cc1cccc(C)c1)C(=O)COc1ccccc1Cl. The van der Waals surface area contributed by atoms with Crippen LogP contribution in [0, 0.1) is 6.92 Å². The summed E-state index contributed by atoms with van der Waals surface area (Å²) in [6.45, 7) is 6.75. The predicted molar refractivity (Wildman–Crippen MR) is 121 cm³/mol. The van der Waals surface area contributed by atoms with Crippen LogP contribution in [0.3, 0.4) is 0 Å². The lowest BCUT2D eigenvalue weighted by molar-refractivity contribution is -0.143. The molecule has 2 rings (SSSR count). The van der Waals surface area contributed by atoms with Crippen molar-refractivity contribution in [3.05, 3.63) is 64.7 Å². The Bertz CT molecular complexity index is 841. The number of nitrogens with one attached hydrogen (secondary N) is 1. The lowest BCUT2D eigenvalue weighted by atomic mass is 10.1. The van der Waals surface area contributed by atoms with Crippen molar-refractivity contribution in [2.45, 2.75) is 52.6 Å². The zero-order valence-electron chi connectivity index (χ0n) is 18.0. The van der Waals surface area contributed by atoms with Gasteiger partial charge in [-0.3, -0.25) is 9.59 Å². The number of unbranched alkanes of at least 4 members (excludes halogenated alkanes) is 1. The highest BCUT2D eigenvalue weighted by molar-refractivity contribution is 6.32. The highest BCUT2D eigenvalue weighted by Gasteiger charge is 2.28. The minimum Gasteiger partial charge on any atom is -0.482 e. The number of carbonyl (C=O) groups is 2. The average Bonchev–Trinajstić information content (AvgIpc) is 2.73. The highest BCUT2D eigenvalue weighted by Crippen LogP contribution is 2.23. The predicted octanol–water partition coefficient (Wildman–Crippen LogP) is 4.75. The van der Waals surface area contributed by atoms with Gasteiger partial charge in [0, 0.05) is 13.1 Å². The molecule has 0 heterocycles. The summed E-state index contributed by atoms with van der Waals surface area (Å²) >= 11 is 6.13. The number of benzene rings is 2. The van der Waals surface area contributed by atoms with Gasteiger partial charge in [0.15, 0.2) is 6.61 Å². The first-order valence-corrected chi connectivity index (χ1v) is 10.8. The van der Waals surface area contributed by atoms with Crippen LogP contribution < -0.4 is 10.1 Å². The maximum atomic E-state index is 13.1. The van der Waals surface area contributed by atoms with Crippen molar-refractivity contribution in [1.29, 1.82) is 0 Å². The van der Waals surface area contributed by atoms with E-state index in [4.69, 9.17) is 16.3 Å². The van der Waals surface area contributed by atoms with Gasteiger partial charge in [-0.15, -0.1) is 0 Å². The van der Waals surface area contributed by atoms with E-state index in [1.165, 1.54) is 0 Å². The number of para-hydroxylation sites is 1. The van der Waals surface area contributed by atoms with Crippen LogP contribution in [0.5, 0.6) is 5.75 Å². The lowest BCUT2D eigenvalue weighted by Crippen LogP contribution is -2.50. The Morgan fingerprint density at radius 2 is 1.90 bits per heavy atom. The lowest BCUT2D eigenvalue weighted by Gasteiger charge is -2.30. The number of ether oxygens (including phenoxy) is 1. The van der Waals surface area contributed by atoms with E-state index in [0.29, 0.717) is 30.3 Å². The van der Waals surface area contributed by atoms with E-state index in [1.807, 2.05) is 38.1 Å². The summed E-state index contributed by atoms with van der Waals surface area (Å²) in [6, 6.07) is 14.4. The number of amides is 2.